The van der Waals surface area contributed by atoms with E-state index in [9.17, 15) is 5.11 Å². The topological polar surface area (TPSA) is 70.1 Å². The minimum Gasteiger partial charge on any atom is -0.391 e. The molecule has 1 aromatic rings. The van der Waals surface area contributed by atoms with E-state index in [4.69, 9.17) is 0 Å². The summed E-state index contributed by atoms with van der Waals surface area (Å²) < 4.78 is 0. The third kappa shape index (κ3) is 3.57. The first kappa shape index (κ1) is 13.1. The van der Waals surface area contributed by atoms with Gasteiger partial charge in [0.2, 0.25) is 5.95 Å². The van der Waals surface area contributed by atoms with Crippen molar-refractivity contribution in [3.8, 4) is 0 Å². The van der Waals surface area contributed by atoms with Gasteiger partial charge in [0.05, 0.1) is 6.10 Å². The normalized spacial score (nSPS) is 16.4. The zero-order valence-electron chi connectivity index (χ0n) is 11.1. The highest BCUT2D eigenvalue weighted by molar-refractivity contribution is 5.46. The van der Waals surface area contributed by atoms with Crippen molar-refractivity contribution >= 4 is 11.8 Å². The summed E-state index contributed by atoms with van der Waals surface area (Å²) in [6.45, 7) is 5.50. The molecule has 0 amide bonds. The molecule has 3 N–H and O–H groups in total. The minimum atomic E-state index is -0.258. The van der Waals surface area contributed by atoms with Gasteiger partial charge >= 0.3 is 0 Å². The van der Waals surface area contributed by atoms with Crippen LogP contribution in [0.1, 0.15) is 31.7 Å². The summed E-state index contributed by atoms with van der Waals surface area (Å²) in [4.78, 5) is 8.64. The van der Waals surface area contributed by atoms with Crippen molar-refractivity contribution in [2.45, 2.75) is 39.2 Å². The monoisotopic (exact) mass is 250 g/mol. The molecule has 0 spiro atoms. The van der Waals surface area contributed by atoms with Crippen LogP contribution in [-0.2, 0) is 0 Å². The summed E-state index contributed by atoms with van der Waals surface area (Å²) in [6.07, 6.45) is 4.88. The van der Waals surface area contributed by atoms with Gasteiger partial charge in [-0.25, -0.2) is 4.98 Å². The van der Waals surface area contributed by atoms with Crippen molar-refractivity contribution < 1.29 is 5.11 Å². The molecule has 0 saturated heterocycles. The lowest BCUT2D eigenvalue weighted by Gasteiger charge is -2.13. The number of hydrogen-bond acceptors (Lipinski definition) is 5. The van der Waals surface area contributed by atoms with E-state index in [1.54, 1.807) is 6.20 Å². The Morgan fingerprint density at radius 1 is 1.44 bits per heavy atom. The Bertz CT molecular complexity index is 393. The van der Waals surface area contributed by atoms with Gasteiger partial charge in [0.1, 0.15) is 5.82 Å². The molecule has 5 heteroatoms. The molecule has 1 unspecified atom stereocenters. The van der Waals surface area contributed by atoms with Gasteiger partial charge in [-0.2, -0.15) is 4.98 Å². The minimum absolute atomic E-state index is 0.258. The molecule has 1 aliphatic carbocycles. The molecule has 18 heavy (non-hydrogen) atoms. The Labute approximate surface area is 108 Å². The van der Waals surface area contributed by atoms with Crippen LogP contribution in [0.5, 0.6) is 0 Å². The smallest absolute Gasteiger partial charge is 0.224 e. The molecule has 1 fully saturated rings. The lowest BCUT2D eigenvalue weighted by molar-refractivity contribution is 0.164. The van der Waals surface area contributed by atoms with Gasteiger partial charge < -0.3 is 15.7 Å². The number of hydrogen-bond donors (Lipinski definition) is 3. The summed E-state index contributed by atoms with van der Waals surface area (Å²) in [6, 6.07) is 0. The molecule has 0 radical (unpaired) electrons. The average Bonchev–Trinajstić information content (AvgIpc) is 3.20. The van der Waals surface area contributed by atoms with E-state index >= 15 is 0 Å². The Morgan fingerprint density at radius 3 is 2.89 bits per heavy atom. The van der Waals surface area contributed by atoms with Crippen LogP contribution in [0.4, 0.5) is 11.8 Å². The van der Waals surface area contributed by atoms with Gasteiger partial charge in [0.15, 0.2) is 0 Å². The first-order valence-corrected chi connectivity index (χ1v) is 6.70. The molecule has 1 saturated carbocycles. The molecule has 5 nitrogen and oxygen atoms in total. The van der Waals surface area contributed by atoms with E-state index in [1.165, 1.54) is 0 Å². The maximum Gasteiger partial charge on any atom is 0.224 e. The fourth-order valence-electron chi connectivity index (χ4n) is 1.79. The van der Waals surface area contributed by atoms with Gasteiger partial charge in [-0.1, -0.05) is 6.92 Å². The molecule has 1 aromatic heterocycles. The molecular weight excluding hydrogens is 228 g/mol. The summed E-state index contributed by atoms with van der Waals surface area (Å²) in [5.74, 6) is 1.94. The van der Waals surface area contributed by atoms with Crippen LogP contribution in [0.3, 0.4) is 0 Å². The highest BCUT2D eigenvalue weighted by Crippen LogP contribution is 2.32. The highest BCUT2D eigenvalue weighted by atomic mass is 16.3. The number of nitrogens with one attached hydrogen (secondary N) is 2. The maximum atomic E-state index is 9.83. The molecule has 0 aromatic carbocycles. The molecule has 0 bridgehead atoms. The number of anilines is 2. The molecule has 2 rings (SSSR count). The van der Waals surface area contributed by atoms with Gasteiger partial charge in [-0.05, 0) is 32.1 Å². The predicted molar refractivity (Wildman–Crippen MR) is 72.8 cm³/mol. The van der Waals surface area contributed by atoms with Crippen molar-refractivity contribution in [2.75, 3.05) is 23.7 Å². The summed E-state index contributed by atoms with van der Waals surface area (Å²) >= 11 is 0. The lowest BCUT2D eigenvalue weighted by Crippen LogP contribution is -2.22. The average molecular weight is 250 g/mol. The number of aromatic nitrogens is 2. The second-order valence-corrected chi connectivity index (χ2v) is 4.94. The lowest BCUT2D eigenvalue weighted by atomic mass is 10.2. The number of aliphatic hydroxyl groups excluding tert-OH is 1. The van der Waals surface area contributed by atoms with Crippen LogP contribution >= 0.6 is 0 Å². The van der Waals surface area contributed by atoms with Crippen molar-refractivity contribution in [2.24, 2.45) is 5.92 Å². The SMILES string of the molecule is CCCNc1ncc(C)c(NCC(O)C2CC2)n1. The van der Waals surface area contributed by atoms with Crippen molar-refractivity contribution in [3.63, 3.8) is 0 Å². The highest BCUT2D eigenvalue weighted by Gasteiger charge is 2.29. The van der Waals surface area contributed by atoms with Crippen LogP contribution in [0.15, 0.2) is 6.20 Å². The van der Waals surface area contributed by atoms with Crippen LogP contribution in [0.25, 0.3) is 0 Å². The number of aliphatic hydroxyl groups is 1. The fourth-order valence-corrected chi connectivity index (χ4v) is 1.79. The van der Waals surface area contributed by atoms with Gasteiger partial charge in [-0.15, -0.1) is 0 Å². The molecular formula is C13H22N4O. The van der Waals surface area contributed by atoms with Crippen LogP contribution < -0.4 is 10.6 Å². The Morgan fingerprint density at radius 2 is 2.22 bits per heavy atom. The van der Waals surface area contributed by atoms with E-state index in [2.05, 4.69) is 27.5 Å². The van der Waals surface area contributed by atoms with Crippen molar-refractivity contribution in [3.05, 3.63) is 11.8 Å². The second-order valence-electron chi connectivity index (χ2n) is 4.94. The summed E-state index contributed by atoms with van der Waals surface area (Å²) in [5, 5.41) is 16.2. The second kappa shape index (κ2) is 6.00. The molecule has 100 valence electrons. The third-order valence-electron chi connectivity index (χ3n) is 3.15. The van der Waals surface area contributed by atoms with Crippen molar-refractivity contribution in [1.29, 1.82) is 0 Å². The first-order valence-electron chi connectivity index (χ1n) is 6.70. The van der Waals surface area contributed by atoms with E-state index in [1.807, 2.05) is 6.92 Å². The zero-order chi connectivity index (χ0) is 13.0. The zero-order valence-corrected chi connectivity index (χ0v) is 11.1. The van der Waals surface area contributed by atoms with E-state index in [0.717, 1.165) is 37.2 Å². The van der Waals surface area contributed by atoms with Crippen LogP contribution in [-0.4, -0.2) is 34.3 Å². The number of aryl methyl sites for hydroxylation is 1. The van der Waals surface area contributed by atoms with Gasteiger partial charge in [0, 0.05) is 24.8 Å². The number of rotatable bonds is 7. The Balaban J connectivity index is 1.92. The third-order valence-corrected chi connectivity index (χ3v) is 3.15. The van der Waals surface area contributed by atoms with Gasteiger partial charge in [-0.3, -0.25) is 0 Å². The first-order chi connectivity index (χ1) is 8.70. The number of nitrogens with zero attached hydrogens (tertiary/aromatic N) is 2. The standard InChI is InChI=1S/C13H22N4O/c1-3-6-14-13-16-7-9(2)12(17-13)15-8-11(18)10-4-5-10/h7,10-11,18H,3-6,8H2,1-2H3,(H2,14,15,16,17). The van der Waals surface area contributed by atoms with E-state index in [0.29, 0.717) is 18.4 Å². The van der Waals surface area contributed by atoms with E-state index in [-0.39, 0.29) is 6.10 Å². The van der Waals surface area contributed by atoms with Crippen LogP contribution in [0, 0.1) is 12.8 Å². The largest absolute Gasteiger partial charge is 0.391 e. The van der Waals surface area contributed by atoms with Crippen molar-refractivity contribution in [1.82, 2.24) is 9.97 Å². The summed E-state index contributed by atoms with van der Waals surface area (Å²) in [5.41, 5.74) is 1.00. The van der Waals surface area contributed by atoms with E-state index < -0.39 is 0 Å². The summed E-state index contributed by atoms with van der Waals surface area (Å²) in [7, 11) is 0. The van der Waals surface area contributed by atoms with Crippen LogP contribution in [0.2, 0.25) is 0 Å². The molecule has 1 heterocycles. The van der Waals surface area contributed by atoms with Gasteiger partial charge in [0.25, 0.3) is 0 Å². The molecule has 0 aliphatic heterocycles. The Kier molecular flexibility index (Phi) is 4.36. The molecule has 1 atom stereocenters. The fraction of sp³-hybridized carbons (Fsp3) is 0.692. The molecule has 1 aliphatic rings. The Hall–Kier alpha value is -1.36. The quantitative estimate of drug-likeness (QED) is 0.688. The maximum absolute atomic E-state index is 9.83. The predicted octanol–water partition coefficient (Wildman–Crippen LogP) is 1.79.